The number of rotatable bonds is 4. The lowest BCUT2D eigenvalue weighted by Gasteiger charge is -2.15. The summed E-state index contributed by atoms with van der Waals surface area (Å²) in [7, 11) is 0. The second-order valence-corrected chi connectivity index (χ2v) is 6.11. The van der Waals surface area contributed by atoms with Crippen molar-refractivity contribution in [1.29, 1.82) is 0 Å². The fraction of sp³-hybridized carbons (Fsp3) is 0.136. The van der Waals surface area contributed by atoms with Crippen LogP contribution in [-0.2, 0) is 6.42 Å². The number of hydrogen-bond donors (Lipinski definition) is 0. The zero-order valence-electron chi connectivity index (χ0n) is 13.6. The quantitative estimate of drug-likeness (QED) is 0.496. The second kappa shape index (κ2) is 6.32. The molecule has 1 aromatic heterocycles. The Kier molecular flexibility index (Phi) is 3.87. The summed E-state index contributed by atoms with van der Waals surface area (Å²) >= 11 is 0. The minimum Gasteiger partial charge on any atom is -0.440 e. The summed E-state index contributed by atoms with van der Waals surface area (Å²) < 4.78 is 6.09. The van der Waals surface area contributed by atoms with Crippen LogP contribution in [0.1, 0.15) is 28.5 Å². The average molecular weight is 313 g/mol. The lowest BCUT2D eigenvalue weighted by atomic mass is 9.90. The zero-order valence-corrected chi connectivity index (χ0v) is 13.6. The number of aromatic nitrogens is 1. The molecule has 0 aliphatic heterocycles. The Bertz CT molecular complexity index is 923. The molecular formula is C22H19NO. The molecule has 0 bridgehead atoms. The van der Waals surface area contributed by atoms with Crippen LogP contribution < -0.4 is 0 Å². The van der Waals surface area contributed by atoms with Gasteiger partial charge in [-0.25, -0.2) is 4.98 Å². The van der Waals surface area contributed by atoms with Crippen molar-refractivity contribution in [3.8, 4) is 0 Å². The first-order chi connectivity index (χ1) is 11.8. The molecule has 0 radical (unpaired) electrons. The van der Waals surface area contributed by atoms with Gasteiger partial charge in [0.2, 0.25) is 5.89 Å². The lowest BCUT2D eigenvalue weighted by molar-refractivity contribution is 0.497. The van der Waals surface area contributed by atoms with Gasteiger partial charge in [0.1, 0.15) is 5.52 Å². The Hall–Kier alpha value is -2.87. The van der Waals surface area contributed by atoms with Crippen molar-refractivity contribution in [3.63, 3.8) is 0 Å². The minimum atomic E-state index is 0.111. The van der Waals surface area contributed by atoms with E-state index in [0.29, 0.717) is 0 Å². The van der Waals surface area contributed by atoms with Gasteiger partial charge >= 0.3 is 0 Å². The summed E-state index contributed by atoms with van der Waals surface area (Å²) in [6, 6.07) is 27.0. The van der Waals surface area contributed by atoms with Crippen molar-refractivity contribution in [2.75, 3.05) is 0 Å². The molecule has 0 amide bonds. The average Bonchev–Trinajstić information content (AvgIpc) is 3.05. The molecule has 0 fully saturated rings. The highest BCUT2D eigenvalue weighted by Gasteiger charge is 2.21. The number of hydrogen-bond acceptors (Lipinski definition) is 2. The molecule has 3 aromatic carbocycles. The number of oxazole rings is 1. The molecule has 0 aliphatic rings. The van der Waals surface area contributed by atoms with Crippen LogP contribution in [0, 0.1) is 6.92 Å². The number of nitrogens with zero attached hydrogens (tertiary/aromatic N) is 1. The molecule has 0 saturated carbocycles. The van der Waals surface area contributed by atoms with Crippen LogP contribution in [-0.4, -0.2) is 4.98 Å². The molecule has 2 nitrogen and oxygen atoms in total. The van der Waals surface area contributed by atoms with E-state index < -0.39 is 0 Å². The van der Waals surface area contributed by atoms with Crippen molar-refractivity contribution in [2.45, 2.75) is 19.3 Å². The summed E-state index contributed by atoms with van der Waals surface area (Å²) in [6.07, 6.45) is 0.878. The minimum absolute atomic E-state index is 0.111. The van der Waals surface area contributed by atoms with E-state index in [1.54, 1.807) is 0 Å². The van der Waals surface area contributed by atoms with Gasteiger partial charge in [-0.05, 0) is 42.2 Å². The fourth-order valence-corrected chi connectivity index (χ4v) is 3.13. The first kappa shape index (κ1) is 14.7. The van der Waals surface area contributed by atoms with Gasteiger partial charge in [-0.3, -0.25) is 0 Å². The van der Waals surface area contributed by atoms with E-state index >= 15 is 0 Å². The maximum atomic E-state index is 6.09. The first-order valence-electron chi connectivity index (χ1n) is 8.26. The predicted octanol–water partition coefficient (Wildman–Crippen LogP) is 5.51. The molecule has 4 rings (SSSR count). The Morgan fingerprint density at radius 1 is 0.833 bits per heavy atom. The molecule has 1 atom stereocenters. The second-order valence-electron chi connectivity index (χ2n) is 6.11. The van der Waals surface area contributed by atoms with Gasteiger partial charge in [0.25, 0.3) is 0 Å². The Balaban J connectivity index is 1.80. The molecule has 0 N–H and O–H groups in total. The van der Waals surface area contributed by atoms with Crippen LogP contribution >= 0.6 is 0 Å². The molecule has 4 aromatic rings. The van der Waals surface area contributed by atoms with E-state index in [1.165, 1.54) is 16.7 Å². The van der Waals surface area contributed by atoms with Crippen LogP contribution in [0.2, 0.25) is 0 Å². The molecule has 118 valence electrons. The van der Waals surface area contributed by atoms with Crippen molar-refractivity contribution in [1.82, 2.24) is 4.98 Å². The summed E-state index contributed by atoms with van der Waals surface area (Å²) in [5.74, 6) is 0.894. The summed E-state index contributed by atoms with van der Waals surface area (Å²) in [5, 5.41) is 0. The molecule has 1 unspecified atom stereocenters. The van der Waals surface area contributed by atoms with E-state index in [2.05, 4.69) is 55.5 Å². The van der Waals surface area contributed by atoms with Crippen LogP contribution in [0.5, 0.6) is 0 Å². The van der Waals surface area contributed by atoms with Gasteiger partial charge < -0.3 is 4.42 Å². The highest BCUT2D eigenvalue weighted by molar-refractivity contribution is 5.72. The van der Waals surface area contributed by atoms with Crippen molar-refractivity contribution in [3.05, 3.63) is 101 Å². The van der Waals surface area contributed by atoms with Gasteiger partial charge in [0, 0.05) is 0 Å². The van der Waals surface area contributed by atoms with E-state index in [9.17, 15) is 0 Å². The number of fused-ring (bicyclic) bond motifs is 1. The van der Waals surface area contributed by atoms with Crippen LogP contribution in [0.15, 0.2) is 83.3 Å². The standard InChI is InChI=1S/C22H19NO/c1-16-9-5-6-12-18(16)15-19(17-10-3-2-4-11-17)22-23-20-13-7-8-14-21(20)24-22/h2-14,19H,15H2,1H3. The SMILES string of the molecule is Cc1ccccc1CC(c1ccccc1)c1nc2ccccc2o1. The zero-order chi connectivity index (χ0) is 16.4. The Morgan fingerprint density at radius 2 is 1.54 bits per heavy atom. The molecule has 0 saturated heterocycles. The fourth-order valence-electron chi connectivity index (χ4n) is 3.13. The molecule has 0 aliphatic carbocycles. The highest BCUT2D eigenvalue weighted by Crippen LogP contribution is 2.31. The molecule has 24 heavy (non-hydrogen) atoms. The van der Waals surface area contributed by atoms with Crippen LogP contribution in [0.4, 0.5) is 0 Å². The topological polar surface area (TPSA) is 26.0 Å². The van der Waals surface area contributed by atoms with Crippen LogP contribution in [0.25, 0.3) is 11.1 Å². The number of aryl methyl sites for hydroxylation is 1. The van der Waals surface area contributed by atoms with E-state index in [4.69, 9.17) is 9.40 Å². The molecular weight excluding hydrogens is 294 g/mol. The van der Waals surface area contributed by atoms with Gasteiger partial charge in [-0.2, -0.15) is 0 Å². The lowest BCUT2D eigenvalue weighted by Crippen LogP contribution is -2.06. The summed E-state index contributed by atoms with van der Waals surface area (Å²) in [4.78, 5) is 4.75. The van der Waals surface area contributed by atoms with E-state index in [1.807, 2.05) is 30.3 Å². The van der Waals surface area contributed by atoms with Gasteiger partial charge in [-0.15, -0.1) is 0 Å². The van der Waals surface area contributed by atoms with Gasteiger partial charge in [-0.1, -0.05) is 66.7 Å². The van der Waals surface area contributed by atoms with E-state index in [-0.39, 0.29) is 5.92 Å². The third-order valence-electron chi connectivity index (χ3n) is 4.50. The molecule has 1 heterocycles. The number of benzene rings is 3. The Morgan fingerprint density at radius 3 is 2.33 bits per heavy atom. The predicted molar refractivity (Wildman–Crippen MR) is 97.2 cm³/mol. The monoisotopic (exact) mass is 313 g/mol. The van der Waals surface area contributed by atoms with Gasteiger partial charge in [0.15, 0.2) is 5.58 Å². The largest absolute Gasteiger partial charge is 0.440 e. The molecule has 0 spiro atoms. The van der Waals surface area contributed by atoms with Crippen molar-refractivity contribution < 1.29 is 4.42 Å². The van der Waals surface area contributed by atoms with Crippen molar-refractivity contribution >= 4 is 11.1 Å². The highest BCUT2D eigenvalue weighted by atomic mass is 16.3. The summed E-state index contributed by atoms with van der Waals surface area (Å²) in [5.41, 5.74) is 5.62. The van der Waals surface area contributed by atoms with E-state index in [0.717, 1.165) is 23.4 Å². The van der Waals surface area contributed by atoms with Gasteiger partial charge in [0.05, 0.1) is 5.92 Å². The summed E-state index contributed by atoms with van der Waals surface area (Å²) in [6.45, 7) is 2.16. The third kappa shape index (κ3) is 2.83. The molecule has 2 heteroatoms. The maximum absolute atomic E-state index is 6.09. The number of para-hydroxylation sites is 2. The van der Waals surface area contributed by atoms with Crippen LogP contribution in [0.3, 0.4) is 0 Å². The normalized spacial score (nSPS) is 12.4. The first-order valence-corrected chi connectivity index (χ1v) is 8.26. The maximum Gasteiger partial charge on any atom is 0.203 e. The van der Waals surface area contributed by atoms with Crippen molar-refractivity contribution in [2.24, 2.45) is 0 Å². The third-order valence-corrected chi connectivity index (χ3v) is 4.50. The smallest absolute Gasteiger partial charge is 0.203 e. The Labute approximate surface area is 141 Å².